The Balaban J connectivity index is 2.01. The molecule has 0 amide bonds. The molecule has 2 rings (SSSR count). The van der Waals surface area contributed by atoms with Crippen molar-refractivity contribution >= 4 is 5.97 Å². The first-order valence-electron chi connectivity index (χ1n) is 7.11. The molecule has 0 aromatic heterocycles. The van der Waals surface area contributed by atoms with Gasteiger partial charge < -0.3 is 14.6 Å². The average molecular weight is 278 g/mol. The second-order valence-electron chi connectivity index (χ2n) is 5.39. The van der Waals surface area contributed by atoms with Crippen LogP contribution < -0.4 is 4.74 Å². The van der Waals surface area contributed by atoms with Crippen molar-refractivity contribution in [2.45, 2.75) is 32.6 Å². The summed E-state index contributed by atoms with van der Waals surface area (Å²) >= 11 is 0. The van der Waals surface area contributed by atoms with Gasteiger partial charge in [0.25, 0.3) is 0 Å². The number of para-hydroxylation sites is 1. The third kappa shape index (κ3) is 3.06. The lowest BCUT2D eigenvalue weighted by Crippen LogP contribution is -2.06. The predicted molar refractivity (Wildman–Crippen MR) is 75.9 cm³/mol. The molecular formula is C16H22O4. The largest absolute Gasteiger partial charge is 0.504 e. The van der Waals surface area contributed by atoms with Crippen molar-refractivity contribution in [1.82, 2.24) is 0 Å². The molecule has 1 aliphatic rings. The maximum atomic E-state index is 11.4. The van der Waals surface area contributed by atoms with Gasteiger partial charge in [-0.15, -0.1) is 0 Å². The fourth-order valence-corrected chi connectivity index (χ4v) is 2.74. The number of carbonyl (C=O) groups excluding carboxylic acids is 1. The maximum Gasteiger partial charge on any atom is 0.308 e. The smallest absolute Gasteiger partial charge is 0.308 e. The Bertz CT molecular complexity index is 483. The molecule has 4 nitrogen and oxygen atoms in total. The molecular weight excluding hydrogens is 256 g/mol. The van der Waals surface area contributed by atoms with Crippen LogP contribution in [-0.2, 0) is 9.53 Å². The number of hydrogen-bond acceptors (Lipinski definition) is 4. The molecule has 1 aliphatic carbocycles. The summed E-state index contributed by atoms with van der Waals surface area (Å²) in [6.07, 6.45) is 1.77. The van der Waals surface area contributed by atoms with Crippen molar-refractivity contribution in [3.8, 4) is 11.5 Å². The van der Waals surface area contributed by atoms with Crippen LogP contribution in [0.15, 0.2) is 18.2 Å². The Morgan fingerprint density at radius 3 is 2.90 bits per heavy atom. The Hall–Kier alpha value is -1.71. The van der Waals surface area contributed by atoms with Gasteiger partial charge in [-0.1, -0.05) is 19.1 Å². The summed E-state index contributed by atoms with van der Waals surface area (Å²) in [5, 5.41) is 10.2. The number of methoxy groups -OCH3 is 1. The highest BCUT2D eigenvalue weighted by atomic mass is 16.5. The van der Waals surface area contributed by atoms with Crippen LogP contribution in [0.4, 0.5) is 0 Å². The van der Waals surface area contributed by atoms with Crippen molar-refractivity contribution in [1.29, 1.82) is 0 Å². The van der Waals surface area contributed by atoms with E-state index in [4.69, 9.17) is 9.47 Å². The first-order chi connectivity index (χ1) is 9.58. The fourth-order valence-electron chi connectivity index (χ4n) is 2.74. The molecule has 1 fully saturated rings. The molecule has 1 aromatic rings. The van der Waals surface area contributed by atoms with Crippen LogP contribution in [0, 0.1) is 11.8 Å². The number of benzene rings is 1. The van der Waals surface area contributed by atoms with Crippen LogP contribution in [0.3, 0.4) is 0 Å². The standard InChI is InChI=1S/C16H22O4/c1-4-20-14-7-5-6-12(15(14)17)10(2)8-11-9-13(11)16(18)19-3/h5-7,10-11,13,17H,4,8-9H2,1-3H3. The lowest BCUT2D eigenvalue weighted by Gasteiger charge is -2.15. The minimum Gasteiger partial charge on any atom is -0.504 e. The van der Waals surface area contributed by atoms with Gasteiger partial charge in [-0.25, -0.2) is 0 Å². The highest BCUT2D eigenvalue weighted by Crippen LogP contribution is 2.47. The average Bonchev–Trinajstić information content (AvgIpc) is 3.19. The van der Waals surface area contributed by atoms with Crippen molar-refractivity contribution in [2.24, 2.45) is 11.8 Å². The van der Waals surface area contributed by atoms with Gasteiger partial charge in [-0.05, 0) is 37.7 Å². The zero-order valence-corrected chi connectivity index (χ0v) is 12.3. The predicted octanol–water partition coefficient (Wildman–Crippen LogP) is 3.09. The molecule has 3 unspecified atom stereocenters. The van der Waals surface area contributed by atoms with Gasteiger partial charge in [0.05, 0.1) is 19.6 Å². The molecule has 0 saturated heterocycles. The first kappa shape index (κ1) is 14.7. The Labute approximate surface area is 119 Å². The minimum absolute atomic E-state index is 0.0414. The van der Waals surface area contributed by atoms with Crippen LogP contribution >= 0.6 is 0 Å². The molecule has 0 bridgehead atoms. The summed E-state index contributed by atoms with van der Waals surface area (Å²) in [4.78, 5) is 11.4. The van der Waals surface area contributed by atoms with Gasteiger partial charge in [0.15, 0.2) is 11.5 Å². The maximum absolute atomic E-state index is 11.4. The van der Waals surface area contributed by atoms with Crippen LogP contribution in [0.25, 0.3) is 0 Å². The van der Waals surface area contributed by atoms with E-state index in [1.807, 2.05) is 19.1 Å². The molecule has 0 radical (unpaired) electrons. The van der Waals surface area contributed by atoms with Gasteiger partial charge in [0.2, 0.25) is 0 Å². The van der Waals surface area contributed by atoms with Gasteiger partial charge in [-0.2, -0.15) is 0 Å². The van der Waals surface area contributed by atoms with E-state index in [2.05, 4.69) is 6.92 Å². The molecule has 0 spiro atoms. The van der Waals surface area contributed by atoms with E-state index in [0.717, 1.165) is 18.4 Å². The van der Waals surface area contributed by atoms with Crippen LogP contribution in [-0.4, -0.2) is 24.8 Å². The van der Waals surface area contributed by atoms with Crippen molar-refractivity contribution in [3.63, 3.8) is 0 Å². The quantitative estimate of drug-likeness (QED) is 0.812. The number of carbonyl (C=O) groups is 1. The molecule has 0 heterocycles. The minimum atomic E-state index is -0.116. The molecule has 20 heavy (non-hydrogen) atoms. The first-order valence-corrected chi connectivity index (χ1v) is 7.11. The van der Waals surface area contributed by atoms with Gasteiger partial charge in [0, 0.05) is 5.56 Å². The van der Waals surface area contributed by atoms with Gasteiger partial charge >= 0.3 is 5.97 Å². The summed E-state index contributed by atoms with van der Waals surface area (Å²) in [6, 6.07) is 5.57. The molecule has 1 N–H and O–H groups in total. The molecule has 1 saturated carbocycles. The van der Waals surface area contributed by atoms with E-state index in [0.29, 0.717) is 18.3 Å². The van der Waals surface area contributed by atoms with Crippen LogP contribution in [0.5, 0.6) is 11.5 Å². The Morgan fingerprint density at radius 2 is 2.25 bits per heavy atom. The zero-order chi connectivity index (χ0) is 14.7. The number of aromatic hydroxyl groups is 1. The molecule has 110 valence electrons. The highest BCUT2D eigenvalue weighted by Gasteiger charge is 2.44. The van der Waals surface area contributed by atoms with Crippen molar-refractivity contribution in [3.05, 3.63) is 23.8 Å². The summed E-state index contributed by atoms with van der Waals surface area (Å²) in [7, 11) is 1.43. The lowest BCUT2D eigenvalue weighted by molar-refractivity contribution is -0.142. The number of phenolic OH excluding ortho intramolecular Hbond substituents is 1. The van der Waals surface area contributed by atoms with Crippen molar-refractivity contribution in [2.75, 3.05) is 13.7 Å². The third-order valence-electron chi connectivity index (χ3n) is 3.94. The third-order valence-corrected chi connectivity index (χ3v) is 3.94. The second-order valence-corrected chi connectivity index (χ2v) is 5.39. The number of ether oxygens (including phenoxy) is 2. The normalized spacial score (nSPS) is 22.1. The number of esters is 1. The monoisotopic (exact) mass is 278 g/mol. The van der Waals surface area contributed by atoms with E-state index in [1.165, 1.54) is 7.11 Å². The van der Waals surface area contributed by atoms with Gasteiger partial charge in [0.1, 0.15) is 0 Å². The van der Waals surface area contributed by atoms with Crippen LogP contribution in [0.1, 0.15) is 38.2 Å². The summed E-state index contributed by atoms with van der Waals surface area (Å²) in [6.45, 7) is 4.48. The second kappa shape index (κ2) is 6.16. The topological polar surface area (TPSA) is 55.8 Å². The van der Waals surface area contributed by atoms with E-state index < -0.39 is 0 Å². The Morgan fingerprint density at radius 1 is 1.50 bits per heavy atom. The number of phenols is 1. The SMILES string of the molecule is CCOc1cccc(C(C)CC2CC2C(=O)OC)c1O. The van der Waals surface area contributed by atoms with E-state index in [-0.39, 0.29) is 23.6 Å². The number of hydrogen-bond donors (Lipinski definition) is 1. The van der Waals surface area contributed by atoms with E-state index >= 15 is 0 Å². The zero-order valence-electron chi connectivity index (χ0n) is 12.3. The Kier molecular flexibility index (Phi) is 4.53. The summed E-state index contributed by atoms with van der Waals surface area (Å²) in [5.41, 5.74) is 0.881. The molecule has 0 aliphatic heterocycles. The summed E-state index contributed by atoms with van der Waals surface area (Å²) in [5.74, 6) is 1.23. The lowest BCUT2D eigenvalue weighted by atomic mass is 9.93. The molecule has 3 atom stereocenters. The summed E-state index contributed by atoms with van der Waals surface area (Å²) < 4.78 is 10.2. The fraction of sp³-hybridized carbons (Fsp3) is 0.562. The molecule has 4 heteroatoms. The van der Waals surface area contributed by atoms with Crippen molar-refractivity contribution < 1.29 is 19.4 Å². The van der Waals surface area contributed by atoms with Gasteiger partial charge in [-0.3, -0.25) is 4.79 Å². The van der Waals surface area contributed by atoms with E-state index in [9.17, 15) is 9.90 Å². The van der Waals surface area contributed by atoms with E-state index in [1.54, 1.807) is 6.07 Å². The number of rotatable bonds is 6. The highest BCUT2D eigenvalue weighted by molar-refractivity contribution is 5.75. The molecule has 1 aromatic carbocycles. The van der Waals surface area contributed by atoms with Crippen LogP contribution in [0.2, 0.25) is 0 Å².